The fourth-order valence-electron chi connectivity index (χ4n) is 3.84. The summed E-state index contributed by atoms with van der Waals surface area (Å²) < 4.78 is 125. The summed E-state index contributed by atoms with van der Waals surface area (Å²) in [6, 6.07) is 1.28. The average Bonchev–Trinajstić information content (AvgIpc) is 2.80. The molecule has 1 atom stereocenters. The number of allylic oxidation sites excluding steroid dienone is 1. The van der Waals surface area contributed by atoms with Crippen LogP contribution in [0.1, 0.15) is 52.9 Å². The number of nitrogens with zero attached hydrogens (tertiary/aromatic N) is 1. The highest BCUT2D eigenvalue weighted by Crippen LogP contribution is 2.42. The number of ether oxygens (including phenoxy) is 1. The van der Waals surface area contributed by atoms with Gasteiger partial charge >= 0.3 is 24.6 Å². The molecule has 1 aliphatic rings. The van der Waals surface area contributed by atoms with Gasteiger partial charge < -0.3 is 4.74 Å². The van der Waals surface area contributed by atoms with Gasteiger partial charge in [0.2, 0.25) is 0 Å². The van der Waals surface area contributed by atoms with Crippen LogP contribution in [0.25, 0.3) is 5.57 Å². The second-order valence-electron chi connectivity index (χ2n) is 7.98. The lowest BCUT2D eigenvalue weighted by Gasteiger charge is -2.35. The van der Waals surface area contributed by atoms with Crippen LogP contribution < -0.4 is 4.90 Å². The largest absolute Gasteiger partial charge is 0.449 e. The second-order valence-corrected chi connectivity index (χ2v) is 7.98. The number of carbonyl (C=O) groups excluding carboxylic acids is 2. The van der Waals surface area contributed by atoms with Crippen molar-refractivity contribution in [3.8, 4) is 0 Å². The molecule has 0 fully saturated rings. The Kier molecular flexibility index (Phi) is 7.39. The Labute approximate surface area is 204 Å². The Hall–Kier alpha value is -3.51. The Morgan fingerprint density at radius 3 is 1.81 bits per heavy atom. The third kappa shape index (κ3) is 5.75. The minimum Gasteiger partial charge on any atom is -0.449 e. The summed E-state index contributed by atoms with van der Waals surface area (Å²) in [4.78, 5) is 26.9. The number of amides is 1. The van der Waals surface area contributed by atoms with Crippen molar-refractivity contribution in [2.24, 2.45) is 0 Å². The van der Waals surface area contributed by atoms with Crippen molar-refractivity contribution in [1.82, 2.24) is 0 Å². The van der Waals surface area contributed by atoms with Crippen LogP contribution in [0.3, 0.4) is 0 Å². The number of benzene rings is 2. The number of hydrogen-bond donors (Lipinski definition) is 0. The number of Topliss-reactive ketones (excluding diaryl/α,β-unsaturated/α-hetero) is 1. The molecule has 4 nitrogen and oxygen atoms in total. The van der Waals surface area contributed by atoms with Gasteiger partial charge in [0.1, 0.15) is 0 Å². The van der Waals surface area contributed by atoms with Gasteiger partial charge in [0.05, 0.1) is 35.0 Å². The van der Waals surface area contributed by atoms with Crippen molar-refractivity contribution in [1.29, 1.82) is 0 Å². The molecule has 0 N–H and O–H groups in total. The molecular weight excluding hydrogens is 521 g/mol. The first-order chi connectivity index (χ1) is 17.0. The Morgan fingerprint density at radius 1 is 0.811 bits per heavy atom. The van der Waals surface area contributed by atoms with Gasteiger partial charge in [-0.1, -0.05) is 6.92 Å². The lowest BCUT2D eigenvalue weighted by Crippen LogP contribution is -2.42. The average molecular weight is 539 g/mol. The van der Waals surface area contributed by atoms with Crippen LogP contribution in [0.2, 0.25) is 0 Å². The van der Waals surface area contributed by atoms with E-state index < -0.39 is 69.8 Å². The number of halogens is 9. The van der Waals surface area contributed by atoms with Gasteiger partial charge in [0.15, 0.2) is 5.78 Å². The quantitative estimate of drug-likeness (QED) is 0.295. The summed E-state index contributed by atoms with van der Waals surface area (Å²) in [6.07, 6.45) is -15.2. The number of ketones is 1. The third-order valence-corrected chi connectivity index (χ3v) is 5.54. The molecule has 0 saturated heterocycles. The normalized spacial score (nSPS) is 16.2. The summed E-state index contributed by atoms with van der Waals surface area (Å²) in [7, 11) is 0. The molecule has 1 heterocycles. The van der Waals surface area contributed by atoms with E-state index in [1.54, 1.807) is 6.92 Å². The monoisotopic (exact) mass is 539 g/mol. The molecule has 0 aromatic heterocycles. The minimum atomic E-state index is -5.24. The third-order valence-electron chi connectivity index (χ3n) is 5.54. The lowest BCUT2D eigenvalue weighted by molar-refractivity contribution is -0.143. The highest BCUT2D eigenvalue weighted by atomic mass is 19.4. The molecule has 2 aromatic rings. The van der Waals surface area contributed by atoms with Crippen LogP contribution in [-0.2, 0) is 23.3 Å². The fraction of sp³-hybridized carbons (Fsp3) is 0.333. The van der Waals surface area contributed by atoms with Gasteiger partial charge in [-0.2, -0.15) is 39.5 Å². The predicted octanol–water partition coefficient (Wildman–Crippen LogP) is 7.76. The summed E-state index contributed by atoms with van der Waals surface area (Å²) in [5.74, 6) is -1.38. The van der Waals surface area contributed by atoms with Crippen LogP contribution in [-0.4, -0.2) is 24.5 Å². The fourth-order valence-corrected chi connectivity index (χ4v) is 3.84. The van der Waals surface area contributed by atoms with E-state index in [1.165, 1.54) is 6.92 Å². The molecule has 0 saturated carbocycles. The molecule has 2 aromatic carbocycles. The highest BCUT2D eigenvalue weighted by Gasteiger charge is 2.40. The Morgan fingerprint density at radius 2 is 1.35 bits per heavy atom. The zero-order chi connectivity index (χ0) is 27.9. The van der Waals surface area contributed by atoms with Gasteiger partial charge in [-0.15, -0.1) is 0 Å². The molecule has 200 valence electrons. The molecule has 0 bridgehead atoms. The van der Waals surface area contributed by atoms with Gasteiger partial charge in [0.25, 0.3) is 0 Å². The number of fused-ring (bicyclic) bond motifs is 1. The first-order valence-corrected chi connectivity index (χ1v) is 10.7. The van der Waals surface area contributed by atoms with E-state index in [-0.39, 0.29) is 36.9 Å². The van der Waals surface area contributed by atoms with E-state index in [0.29, 0.717) is 12.1 Å². The standard InChI is InChI=1S/C24H18F9NO3/c1-3-16-11-18(20(35)12-7-14(23(28,29)30)9-15(8-12)24(31,32)33)17-10-13(22(25,26)27)5-6-19(17)34(16)21(36)37-4-2/h5-11,16H,3-4H2,1-2H3. The van der Waals surface area contributed by atoms with Crippen molar-refractivity contribution in [2.45, 2.75) is 44.8 Å². The highest BCUT2D eigenvalue weighted by molar-refractivity contribution is 6.31. The van der Waals surface area contributed by atoms with Crippen LogP contribution in [0, 0.1) is 0 Å². The number of alkyl halides is 9. The van der Waals surface area contributed by atoms with Crippen molar-refractivity contribution >= 4 is 23.1 Å². The van der Waals surface area contributed by atoms with E-state index in [2.05, 4.69) is 0 Å². The number of anilines is 1. The second kappa shape index (κ2) is 9.75. The number of hydrogen-bond acceptors (Lipinski definition) is 3. The predicted molar refractivity (Wildman–Crippen MR) is 114 cm³/mol. The summed E-state index contributed by atoms with van der Waals surface area (Å²) >= 11 is 0. The van der Waals surface area contributed by atoms with Crippen LogP contribution in [0.4, 0.5) is 50.0 Å². The molecule has 1 aliphatic heterocycles. The van der Waals surface area contributed by atoms with Gasteiger partial charge in [-0.3, -0.25) is 9.69 Å². The molecule has 37 heavy (non-hydrogen) atoms. The maximum absolute atomic E-state index is 13.4. The summed E-state index contributed by atoms with van der Waals surface area (Å²) in [5, 5.41) is 0. The maximum atomic E-state index is 13.4. The lowest BCUT2D eigenvalue weighted by atomic mass is 9.87. The first kappa shape index (κ1) is 28.1. The molecule has 0 radical (unpaired) electrons. The van der Waals surface area contributed by atoms with E-state index in [9.17, 15) is 49.1 Å². The van der Waals surface area contributed by atoms with E-state index in [4.69, 9.17) is 4.74 Å². The van der Waals surface area contributed by atoms with Gasteiger partial charge in [-0.05, 0) is 55.8 Å². The Bertz CT molecular complexity index is 1210. The summed E-state index contributed by atoms with van der Waals surface area (Å²) in [5.41, 5.74) is -7.09. The summed E-state index contributed by atoms with van der Waals surface area (Å²) in [6.45, 7) is 2.94. The van der Waals surface area contributed by atoms with Gasteiger partial charge in [0, 0.05) is 16.7 Å². The van der Waals surface area contributed by atoms with E-state index in [1.807, 2.05) is 0 Å². The van der Waals surface area contributed by atoms with E-state index in [0.717, 1.165) is 17.0 Å². The maximum Gasteiger partial charge on any atom is 0.416 e. The van der Waals surface area contributed by atoms with Crippen LogP contribution >= 0.6 is 0 Å². The topological polar surface area (TPSA) is 46.6 Å². The van der Waals surface area contributed by atoms with Gasteiger partial charge in [-0.25, -0.2) is 4.79 Å². The first-order valence-electron chi connectivity index (χ1n) is 10.7. The number of carbonyl (C=O) groups is 2. The Balaban J connectivity index is 2.27. The van der Waals surface area contributed by atoms with Crippen LogP contribution in [0.5, 0.6) is 0 Å². The number of rotatable bonds is 4. The van der Waals surface area contributed by atoms with Crippen LogP contribution in [0.15, 0.2) is 42.5 Å². The molecule has 1 unspecified atom stereocenters. The van der Waals surface area contributed by atoms with Crippen molar-refractivity contribution < 1.29 is 53.8 Å². The SMILES string of the molecule is CCOC(=O)N1c2ccc(C(F)(F)F)cc2C(C(=O)c2cc(C(F)(F)F)cc(C(F)(F)F)c2)=CC1CC. The van der Waals surface area contributed by atoms with Crippen molar-refractivity contribution in [2.75, 3.05) is 11.5 Å². The molecule has 3 rings (SSSR count). The zero-order valence-electron chi connectivity index (χ0n) is 19.1. The van der Waals surface area contributed by atoms with Crippen molar-refractivity contribution in [3.05, 3.63) is 70.3 Å². The molecule has 0 aliphatic carbocycles. The zero-order valence-corrected chi connectivity index (χ0v) is 19.1. The molecule has 13 heteroatoms. The molecular formula is C24H18F9NO3. The van der Waals surface area contributed by atoms with E-state index >= 15 is 0 Å². The molecule has 0 spiro atoms. The smallest absolute Gasteiger partial charge is 0.416 e. The minimum absolute atomic E-state index is 0.0897. The van der Waals surface area contributed by atoms with Crippen molar-refractivity contribution in [3.63, 3.8) is 0 Å². The molecule has 1 amide bonds.